The van der Waals surface area contributed by atoms with E-state index in [0.29, 0.717) is 6.54 Å². The lowest BCUT2D eigenvalue weighted by Crippen LogP contribution is -2.29. The molecule has 1 heterocycles. The lowest BCUT2D eigenvalue weighted by atomic mass is 10.1. The van der Waals surface area contributed by atoms with Crippen LogP contribution in [0.25, 0.3) is 0 Å². The summed E-state index contributed by atoms with van der Waals surface area (Å²) in [4.78, 5) is 6.99. The van der Waals surface area contributed by atoms with E-state index in [4.69, 9.17) is 5.73 Å². The van der Waals surface area contributed by atoms with Crippen LogP contribution in [0.3, 0.4) is 0 Å². The van der Waals surface area contributed by atoms with Crippen LogP contribution in [0.5, 0.6) is 5.75 Å². The van der Waals surface area contributed by atoms with Gasteiger partial charge < -0.3 is 10.8 Å². The van der Waals surface area contributed by atoms with Crippen LogP contribution in [0.4, 0.5) is 0 Å². The summed E-state index contributed by atoms with van der Waals surface area (Å²) in [5.74, 6) is 0.286. The number of aromatic hydroxyl groups is 1. The van der Waals surface area contributed by atoms with Gasteiger partial charge in [-0.3, -0.25) is 4.90 Å². The van der Waals surface area contributed by atoms with E-state index in [1.54, 1.807) is 23.5 Å². The summed E-state index contributed by atoms with van der Waals surface area (Å²) >= 11 is 1.65. The van der Waals surface area contributed by atoms with Gasteiger partial charge in [0, 0.05) is 11.9 Å². The molecule has 0 spiro atoms. The molecule has 2 rings (SSSR count). The molecule has 4 nitrogen and oxygen atoms in total. The minimum absolute atomic E-state index is 0.121. The van der Waals surface area contributed by atoms with Crippen molar-refractivity contribution in [3.8, 4) is 5.75 Å². The average Bonchev–Trinajstić information content (AvgIpc) is 2.94. The zero-order valence-corrected chi connectivity index (χ0v) is 12.7. The number of nitrogens with two attached hydrogens (primary N) is 1. The monoisotopic (exact) mass is 291 g/mol. The van der Waals surface area contributed by atoms with E-state index in [1.165, 1.54) is 0 Å². The fourth-order valence-corrected chi connectivity index (χ4v) is 3.29. The largest absolute Gasteiger partial charge is 0.508 e. The minimum Gasteiger partial charge on any atom is -0.508 e. The molecule has 108 valence electrons. The van der Waals surface area contributed by atoms with Gasteiger partial charge in [0.15, 0.2) is 0 Å². The van der Waals surface area contributed by atoms with Gasteiger partial charge in [0.05, 0.1) is 11.7 Å². The molecular formula is C15H21N3OS. The minimum atomic E-state index is 0.121. The Hall–Kier alpha value is -1.43. The van der Waals surface area contributed by atoms with E-state index in [-0.39, 0.29) is 11.8 Å². The highest BCUT2D eigenvalue weighted by atomic mass is 32.1. The Morgan fingerprint density at radius 3 is 2.40 bits per heavy atom. The van der Waals surface area contributed by atoms with Crippen LogP contribution in [-0.2, 0) is 6.54 Å². The smallest absolute Gasteiger partial charge is 0.115 e. The molecule has 5 heteroatoms. The molecule has 1 unspecified atom stereocenters. The van der Waals surface area contributed by atoms with E-state index in [2.05, 4.69) is 23.7 Å². The molecule has 0 radical (unpaired) electrons. The fourth-order valence-electron chi connectivity index (χ4n) is 2.30. The molecule has 1 atom stereocenters. The van der Waals surface area contributed by atoms with Crippen molar-refractivity contribution in [1.82, 2.24) is 9.88 Å². The third-order valence-electron chi connectivity index (χ3n) is 3.40. The highest BCUT2D eigenvalue weighted by molar-refractivity contribution is 7.09. The highest BCUT2D eigenvalue weighted by Gasteiger charge is 2.23. The number of phenolic OH excluding ortho intramolecular Hbond substituents is 1. The van der Waals surface area contributed by atoms with E-state index < -0.39 is 0 Å². The molecule has 0 aliphatic rings. The van der Waals surface area contributed by atoms with Crippen molar-refractivity contribution in [3.05, 3.63) is 45.9 Å². The second kappa shape index (κ2) is 6.83. The predicted molar refractivity (Wildman–Crippen MR) is 82.9 cm³/mol. The first-order valence-corrected chi connectivity index (χ1v) is 7.74. The summed E-state index contributed by atoms with van der Waals surface area (Å²) < 4.78 is 0. The maximum atomic E-state index is 9.46. The second-order valence-corrected chi connectivity index (χ2v) is 5.49. The van der Waals surface area contributed by atoms with Crippen molar-refractivity contribution in [1.29, 1.82) is 0 Å². The van der Waals surface area contributed by atoms with E-state index in [9.17, 15) is 5.11 Å². The Labute approximate surface area is 123 Å². The third kappa shape index (κ3) is 3.17. The van der Waals surface area contributed by atoms with E-state index in [1.807, 2.05) is 17.5 Å². The molecule has 0 saturated carbocycles. The number of thiazole rings is 1. The summed E-state index contributed by atoms with van der Waals surface area (Å²) in [6, 6.07) is 7.49. The van der Waals surface area contributed by atoms with Crippen LogP contribution in [0.2, 0.25) is 0 Å². The van der Waals surface area contributed by atoms with Gasteiger partial charge in [-0.15, -0.1) is 11.3 Å². The molecule has 0 fully saturated rings. The average molecular weight is 291 g/mol. The topological polar surface area (TPSA) is 62.4 Å². The van der Waals surface area contributed by atoms with Gasteiger partial charge in [0.25, 0.3) is 0 Å². The van der Waals surface area contributed by atoms with E-state index >= 15 is 0 Å². The van der Waals surface area contributed by atoms with Crippen molar-refractivity contribution in [3.63, 3.8) is 0 Å². The molecule has 0 amide bonds. The summed E-state index contributed by atoms with van der Waals surface area (Å²) in [5, 5.41) is 12.5. The second-order valence-electron chi connectivity index (χ2n) is 4.60. The molecule has 1 aromatic heterocycles. The van der Waals surface area contributed by atoms with Gasteiger partial charge in [-0.05, 0) is 30.8 Å². The number of nitrogens with zero attached hydrogens (tertiary/aromatic N) is 2. The molecular weight excluding hydrogens is 270 g/mol. The van der Waals surface area contributed by atoms with Gasteiger partial charge in [0.2, 0.25) is 0 Å². The first-order chi connectivity index (χ1) is 9.69. The molecule has 0 aliphatic carbocycles. The van der Waals surface area contributed by atoms with Crippen LogP contribution < -0.4 is 5.73 Å². The van der Waals surface area contributed by atoms with Crippen LogP contribution in [-0.4, -0.2) is 28.1 Å². The van der Waals surface area contributed by atoms with Gasteiger partial charge in [0.1, 0.15) is 10.8 Å². The Bertz CT molecular complexity index is 534. The third-order valence-corrected chi connectivity index (χ3v) is 4.34. The molecule has 1 aromatic carbocycles. The maximum absolute atomic E-state index is 9.46. The maximum Gasteiger partial charge on any atom is 0.115 e. The molecule has 2 aromatic rings. The summed E-state index contributed by atoms with van der Waals surface area (Å²) in [7, 11) is 0. The molecule has 3 N–H and O–H groups in total. The first kappa shape index (κ1) is 15.0. The van der Waals surface area contributed by atoms with Crippen LogP contribution >= 0.6 is 11.3 Å². The fraction of sp³-hybridized carbons (Fsp3) is 0.400. The van der Waals surface area contributed by atoms with Crippen molar-refractivity contribution < 1.29 is 5.11 Å². The van der Waals surface area contributed by atoms with Crippen molar-refractivity contribution in [2.75, 3.05) is 13.1 Å². The summed E-state index contributed by atoms with van der Waals surface area (Å²) in [6.07, 6.45) is 0. The standard InChI is InChI=1S/C15H21N3OS/c1-3-18(4-2)14(11-5-7-13(19)8-6-11)15-17-12(9-16)10-20-15/h5-8,10,14,19H,3-4,9,16H2,1-2H3. The lowest BCUT2D eigenvalue weighted by molar-refractivity contribution is 0.250. The molecule has 0 bridgehead atoms. The number of hydrogen-bond acceptors (Lipinski definition) is 5. The molecule has 20 heavy (non-hydrogen) atoms. The Morgan fingerprint density at radius 2 is 1.90 bits per heavy atom. The zero-order valence-electron chi connectivity index (χ0n) is 11.9. The number of benzene rings is 1. The zero-order chi connectivity index (χ0) is 14.5. The first-order valence-electron chi connectivity index (χ1n) is 6.86. The Morgan fingerprint density at radius 1 is 1.25 bits per heavy atom. The van der Waals surface area contributed by atoms with Crippen molar-refractivity contribution >= 4 is 11.3 Å². The number of phenols is 1. The van der Waals surface area contributed by atoms with Crippen LogP contribution in [0.1, 0.15) is 36.2 Å². The SMILES string of the molecule is CCN(CC)C(c1ccc(O)cc1)c1nc(CN)cs1. The lowest BCUT2D eigenvalue weighted by Gasteiger charge is -2.28. The Balaban J connectivity index is 2.40. The number of hydrogen-bond donors (Lipinski definition) is 2. The highest BCUT2D eigenvalue weighted by Crippen LogP contribution is 2.31. The van der Waals surface area contributed by atoms with Crippen molar-refractivity contribution in [2.24, 2.45) is 5.73 Å². The normalized spacial score (nSPS) is 12.8. The Kier molecular flexibility index (Phi) is 5.11. The summed E-state index contributed by atoms with van der Waals surface area (Å²) in [6.45, 7) is 6.65. The van der Waals surface area contributed by atoms with E-state index in [0.717, 1.165) is 29.4 Å². The van der Waals surface area contributed by atoms with Gasteiger partial charge in [-0.1, -0.05) is 26.0 Å². The molecule has 0 aliphatic heterocycles. The number of rotatable bonds is 6. The summed E-state index contributed by atoms with van der Waals surface area (Å²) in [5.41, 5.74) is 7.73. The van der Waals surface area contributed by atoms with Gasteiger partial charge in [-0.25, -0.2) is 4.98 Å². The number of aromatic nitrogens is 1. The van der Waals surface area contributed by atoms with Gasteiger partial charge >= 0.3 is 0 Å². The van der Waals surface area contributed by atoms with Gasteiger partial charge in [-0.2, -0.15) is 0 Å². The van der Waals surface area contributed by atoms with Crippen LogP contribution in [0.15, 0.2) is 29.6 Å². The van der Waals surface area contributed by atoms with Crippen molar-refractivity contribution in [2.45, 2.75) is 26.4 Å². The predicted octanol–water partition coefficient (Wildman–Crippen LogP) is 2.74. The molecule has 0 saturated heterocycles. The quantitative estimate of drug-likeness (QED) is 0.859. The van der Waals surface area contributed by atoms with Crippen LogP contribution in [0, 0.1) is 0 Å².